The van der Waals surface area contributed by atoms with Gasteiger partial charge in [-0.3, -0.25) is 0 Å². The molecule has 94 valence electrons. The summed E-state index contributed by atoms with van der Waals surface area (Å²) < 4.78 is 27.3. The Bertz CT molecular complexity index is 547. The van der Waals surface area contributed by atoms with Gasteiger partial charge >= 0.3 is 0 Å². The molecule has 0 N–H and O–H groups in total. The first-order chi connectivity index (χ1) is 8.61. The SMILES string of the molecule is CCCc1cc(-c2ccc(Cl)cc2)c(F)cc1F. The minimum atomic E-state index is -0.547. The first kappa shape index (κ1) is 13.0. The van der Waals surface area contributed by atoms with Crippen molar-refractivity contribution in [1.82, 2.24) is 0 Å². The van der Waals surface area contributed by atoms with Crippen molar-refractivity contribution in [2.24, 2.45) is 0 Å². The van der Waals surface area contributed by atoms with Gasteiger partial charge in [0.25, 0.3) is 0 Å². The van der Waals surface area contributed by atoms with Crippen molar-refractivity contribution in [3.05, 3.63) is 58.6 Å². The molecule has 18 heavy (non-hydrogen) atoms. The lowest BCUT2D eigenvalue weighted by Crippen LogP contribution is -1.94. The summed E-state index contributed by atoms with van der Waals surface area (Å²) in [5.41, 5.74) is 1.66. The smallest absolute Gasteiger partial charge is 0.133 e. The second-order valence-corrected chi connectivity index (χ2v) is 4.62. The van der Waals surface area contributed by atoms with Crippen LogP contribution in [0.15, 0.2) is 36.4 Å². The Labute approximate surface area is 110 Å². The van der Waals surface area contributed by atoms with E-state index in [9.17, 15) is 8.78 Å². The van der Waals surface area contributed by atoms with E-state index in [2.05, 4.69) is 0 Å². The van der Waals surface area contributed by atoms with Crippen molar-refractivity contribution >= 4 is 11.6 Å². The molecule has 2 aromatic carbocycles. The highest BCUT2D eigenvalue weighted by Crippen LogP contribution is 2.27. The molecule has 0 amide bonds. The van der Waals surface area contributed by atoms with E-state index < -0.39 is 11.6 Å². The van der Waals surface area contributed by atoms with Crippen molar-refractivity contribution in [1.29, 1.82) is 0 Å². The molecule has 0 radical (unpaired) electrons. The maximum Gasteiger partial charge on any atom is 0.133 e. The number of halogens is 3. The molecular formula is C15H13ClF2. The van der Waals surface area contributed by atoms with Gasteiger partial charge in [0.1, 0.15) is 11.6 Å². The molecule has 2 aromatic rings. The second kappa shape index (κ2) is 5.49. The molecule has 2 rings (SSSR count). The van der Waals surface area contributed by atoms with Crippen LogP contribution in [-0.4, -0.2) is 0 Å². The van der Waals surface area contributed by atoms with E-state index in [1.54, 1.807) is 30.3 Å². The van der Waals surface area contributed by atoms with E-state index in [0.717, 1.165) is 12.5 Å². The van der Waals surface area contributed by atoms with Gasteiger partial charge in [0.15, 0.2) is 0 Å². The summed E-state index contributed by atoms with van der Waals surface area (Å²) in [6, 6.07) is 9.38. The minimum absolute atomic E-state index is 0.413. The van der Waals surface area contributed by atoms with Crippen LogP contribution in [0.25, 0.3) is 11.1 Å². The minimum Gasteiger partial charge on any atom is -0.207 e. The summed E-state index contributed by atoms with van der Waals surface area (Å²) in [6.07, 6.45) is 1.43. The summed E-state index contributed by atoms with van der Waals surface area (Å²) in [4.78, 5) is 0. The Hall–Kier alpha value is -1.41. The highest BCUT2D eigenvalue weighted by molar-refractivity contribution is 6.30. The zero-order valence-electron chi connectivity index (χ0n) is 10.0. The summed E-state index contributed by atoms with van der Waals surface area (Å²) in [7, 11) is 0. The fraction of sp³-hybridized carbons (Fsp3) is 0.200. The van der Waals surface area contributed by atoms with E-state index in [0.29, 0.717) is 28.1 Å². The topological polar surface area (TPSA) is 0 Å². The lowest BCUT2D eigenvalue weighted by molar-refractivity contribution is 0.573. The van der Waals surface area contributed by atoms with E-state index in [1.165, 1.54) is 0 Å². The molecule has 0 fully saturated rings. The van der Waals surface area contributed by atoms with Gasteiger partial charge in [-0.15, -0.1) is 0 Å². The zero-order chi connectivity index (χ0) is 13.1. The third-order valence-electron chi connectivity index (χ3n) is 2.81. The fourth-order valence-electron chi connectivity index (χ4n) is 1.91. The van der Waals surface area contributed by atoms with Crippen LogP contribution in [0.2, 0.25) is 5.02 Å². The van der Waals surface area contributed by atoms with Crippen molar-refractivity contribution in [3.63, 3.8) is 0 Å². The van der Waals surface area contributed by atoms with Gasteiger partial charge in [-0.1, -0.05) is 37.1 Å². The first-order valence-electron chi connectivity index (χ1n) is 5.85. The monoisotopic (exact) mass is 266 g/mol. The van der Waals surface area contributed by atoms with Crippen molar-refractivity contribution in [2.45, 2.75) is 19.8 Å². The maximum atomic E-state index is 13.8. The summed E-state index contributed by atoms with van der Waals surface area (Å²) in [6.45, 7) is 1.96. The highest BCUT2D eigenvalue weighted by Gasteiger charge is 2.11. The Morgan fingerprint density at radius 1 is 1.00 bits per heavy atom. The van der Waals surface area contributed by atoms with Crippen LogP contribution in [0.5, 0.6) is 0 Å². The molecule has 0 heterocycles. The first-order valence-corrected chi connectivity index (χ1v) is 6.23. The number of hydrogen-bond acceptors (Lipinski definition) is 0. The average molecular weight is 267 g/mol. The zero-order valence-corrected chi connectivity index (χ0v) is 10.8. The molecule has 0 unspecified atom stereocenters. The van der Waals surface area contributed by atoms with Gasteiger partial charge in [-0.2, -0.15) is 0 Å². The third-order valence-corrected chi connectivity index (χ3v) is 3.06. The van der Waals surface area contributed by atoms with E-state index >= 15 is 0 Å². The number of hydrogen-bond donors (Lipinski definition) is 0. The molecule has 0 aliphatic carbocycles. The molecule has 0 atom stereocenters. The van der Waals surface area contributed by atoms with Crippen LogP contribution in [0, 0.1) is 11.6 Å². The van der Waals surface area contributed by atoms with Gasteiger partial charge in [0.05, 0.1) is 0 Å². The summed E-state index contributed by atoms with van der Waals surface area (Å²) in [5.74, 6) is -1.03. The molecule has 3 heteroatoms. The second-order valence-electron chi connectivity index (χ2n) is 4.18. The van der Waals surface area contributed by atoms with Crippen LogP contribution in [-0.2, 0) is 6.42 Å². The Morgan fingerprint density at radius 2 is 1.67 bits per heavy atom. The molecule has 0 aliphatic rings. The molecule has 0 aromatic heterocycles. The number of aryl methyl sites for hydroxylation is 1. The molecule has 0 spiro atoms. The van der Waals surface area contributed by atoms with E-state index in [-0.39, 0.29) is 0 Å². The van der Waals surface area contributed by atoms with Gasteiger partial charge < -0.3 is 0 Å². The number of rotatable bonds is 3. The predicted octanol–water partition coefficient (Wildman–Crippen LogP) is 5.24. The lowest BCUT2D eigenvalue weighted by atomic mass is 10.00. The van der Waals surface area contributed by atoms with Gasteiger partial charge in [0.2, 0.25) is 0 Å². The maximum absolute atomic E-state index is 13.8. The molecule has 0 saturated heterocycles. The van der Waals surface area contributed by atoms with Crippen LogP contribution < -0.4 is 0 Å². The summed E-state index contributed by atoms with van der Waals surface area (Å²) >= 11 is 5.79. The molecule has 0 bridgehead atoms. The highest BCUT2D eigenvalue weighted by atomic mass is 35.5. The van der Waals surface area contributed by atoms with Crippen LogP contribution in [0.4, 0.5) is 8.78 Å². The molecule has 0 saturated carbocycles. The largest absolute Gasteiger partial charge is 0.207 e. The average Bonchev–Trinajstić information content (AvgIpc) is 2.34. The third kappa shape index (κ3) is 2.70. The van der Waals surface area contributed by atoms with Crippen molar-refractivity contribution in [2.75, 3.05) is 0 Å². The van der Waals surface area contributed by atoms with Gasteiger partial charge in [-0.05, 0) is 35.7 Å². The Kier molecular flexibility index (Phi) is 3.97. The van der Waals surface area contributed by atoms with E-state index in [4.69, 9.17) is 11.6 Å². The van der Waals surface area contributed by atoms with Crippen molar-refractivity contribution in [3.8, 4) is 11.1 Å². The quantitative estimate of drug-likeness (QED) is 0.713. The van der Waals surface area contributed by atoms with Crippen LogP contribution in [0.1, 0.15) is 18.9 Å². The number of benzene rings is 2. The predicted molar refractivity (Wildman–Crippen MR) is 70.8 cm³/mol. The normalized spacial score (nSPS) is 10.7. The molecule has 0 nitrogen and oxygen atoms in total. The Morgan fingerprint density at radius 3 is 2.28 bits per heavy atom. The van der Waals surface area contributed by atoms with Crippen LogP contribution >= 0.6 is 11.6 Å². The van der Waals surface area contributed by atoms with Gasteiger partial charge in [0, 0.05) is 16.7 Å². The molecule has 0 aliphatic heterocycles. The van der Waals surface area contributed by atoms with Gasteiger partial charge in [-0.25, -0.2) is 8.78 Å². The van der Waals surface area contributed by atoms with E-state index in [1.807, 2.05) is 6.92 Å². The fourth-order valence-corrected chi connectivity index (χ4v) is 2.03. The lowest BCUT2D eigenvalue weighted by Gasteiger charge is -2.08. The Balaban J connectivity index is 2.49. The molecular weight excluding hydrogens is 254 g/mol. The van der Waals surface area contributed by atoms with Crippen LogP contribution in [0.3, 0.4) is 0 Å². The van der Waals surface area contributed by atoms with Crippen molar-refractivity contribution < 1.29 is 8.78 Å². The summed E-state index contributed by atoms with van der Waals surface area (Å²) in [5, 5.41) is 0.593. The standard InChI is InChI=1S/C15H13ClF2/c1-2-3-11-8-13(15(18)9-14(11)17)10-4-6-12(16)7-5-10/h4-9H,2-3H2,1H3.